The van der Waals surface area contributed by atoms with Gasteiger partial charge in [0.1, 0.15) is 5.76 Å². The zero-order valence-electron chi connectivity index (χ0n) is 16.4. The van der Waals surface area contributed by atoms with E-state index >= 15 is 0 Å². The van der Waals surface area contributed by atoms with Crippen LogP contribution in [0.1, 0.15) is 37.8 Å². The highest BCUT2D eigenvalue weighted by Crippen LogP contribution is 2.65. The summed E-state index contributed by atoms with van der Waals surface area (Å²) in [6, 6.07) is 3.25. The van der Waals surface area contributed by atoms with Crippen LogP contribution in [0.2, 0.25) is 0 Å². The van der Waals surface area contributed by atoms with E-state index in [4.69, 9.17) is 14.6 Å². The Morgan fingerprint density at radius 1 is 1.39 bits per heavy atom. The lowest BCUT2D eigenvalue weighted by atomic mass is 9.50. The first kappa shape index (κ1) is 21.6. The number of benzene rings is 1. The van der Waals surface area contributed by atoms with Gasteiger partial charge in [0.2, 0.25) is 0 Å². The summed E-state index contributed by atoms with van der Waals surface area (Å²) < 4.78 is 11.6. The van der Waals surface area contributed by atoms with E-state index in [0.29, 0.717) is 25.1 Å². The summed E-state index contributed by atoms with van der Waals surface area (Å²) in [5.74, 6) is -1.98. The topological polar surface area (TPSA) is 137 Å². The maximum Gasteiger partial charge on any atom is 0.333 e. The number of carbonyl (C=O) groups is 2. The second-order valence-corrected chi connectivity index (χ2v) is 8.63. The van der Waals surface area contributed by atoms with Crippen molar-refractivity contribution < 1.29 is 39.5 Å². The number of aliphatic carboxylic acids is 1. The number of likely N-dealkylation sites (tertiary alicyclic amines) is 1. The fourth-order valence-electron chi connectivity index (χ4n) is 5.86. The number of aliphatic hydroxyl groups excluding tert-OH is 1. The normalized spacial score (nSPS) is 33.3. The lowest BCUT2D eigenvalue weighted by Crippen LogP contribution is -2.74. The summed E-state index contributed by atoms with van der Waals surface area (Å²) in [6.07, 6.45) is -0.421. The number of piperidine rings is 1. The van der Waals surface area contributed by atoms with Crippen LogP contribution in [0.3, 0.4) is 0 Å². The molecular formula is C22H27NO8. The van der Waals surface area contributed by atoms with Crippen molar-refractivity contribution in [3.05, 3.63) is 35.1 Å². The van der Waals surface area contributed by atoms with Crippen LogP contribution >= 0.6 is 0 Å². The van der Waals surface area contributed by atoms with Gasteiger partial charge in [0, 0.05) is 18.0 Å². The first-order valence-electron chi connectivity index (χ1n) is 9.95. The number of nitrogens with zero attached hydrogens (tertiary/aromatic N) is 1. The average molecular weight is 433 g/mol. The third-order valence-electron chi connectivity index (χ3n) is 7.23. The summed E-state index contributed by atoms with van der Waals surface area (Å²) in [5, 5.41) is 40.7. The highest BCUT2D eigenvalue weighted by Gasteiger charge is 2.72. The number of phenols is 1. The molecule has 4 aliphatic rings. The van der Waals surface area contributed by atoms with Crippen molar-refractivity contribution in [1.82, 2.24) is 4.90 Å². The van der Waals surface area contributed by atoms with E-state index in [2.05, 4.69) is 4.90 Å². The molecule has 0 saturated carbocycles. The summed E-state index contributed by atoms with van der Waals surface area (Å²) in [4.78, 5) is 25.2. The van der Waals surface area contributed by atoms with Gasteiger partial charge in [-0.25, -0.2) is 4.79 Å². The predicted molar refractivity (Wildman–Crippen MR) is 108 cm³/mol. The Balaban J connectivity index is 0.00000231. The number of likely N-dealkylation sites (N-methyl/N-ethyl adjacent to an activating group) is 1. The predicted octanol–water partition coefficient (Wildman–Crippen LogP) is 0.685. The zero-order valence-corrected chi connectivity index (χ0v) is 16.4. The smallest absolute Gasteiger partial charge is 0.333 e. The summed E-state index contributed by atoms with van der Waals surface area (Å²) >= 11 is 0. The fourth-order valence-corrected chi connectivity index (χ4v) is 5.86. The molecule has 2 aliphatic carbocycles. The van der Waals surface area contributed by atoms with Crippen molar-refractivity contribution in [3.63, 3.8) is 0 Å². The molecule has 31 heavy (non-hydrogen) atoms. The molecule has 0 amide bonds. The molecule has 0 unspecified atom stereocenters. The van der Waals surface area contributed by atoms with E-state index in [0.717, 1.165) is 11.1 Å². The molecular weight excluding hydrogens is 406 g/mol. The van der Waals surface area contributed by atoms with Crippen molar-refractivity contribution in [2.75, 3.05) is 13.6 Å². The molecule has 4 N–H and O–H groups in total. The van der Waals surface area contributed by atoms with E-state index in [1.54, 1.807) is 12.1 Å². The molecule has 1 fully saturated rings. The van der Waals surface area contributed by atoms with Crippen molar-refractivity contribution in [3.8, 4) is 11.5 Å². The number of ether oxygens (including phenoxy) is 2. The van der Waals surface area contributed by atoms with E-state index < -0.39 is 41.6 Å². The molecule has 1 aromatic carbocycles. The molecule has 0 radical (unpaired) electrons. The number of aromatic hydroxyl groups is 1. The molecule has 0 aromatic heterocycles. The second-order valence-electron chi connectivity index (χ2n) is 8.63. The SMILES string of the molecule is C.CN1CC[C@]23c4c5ccc(O)c4O[C@H]2C(OC(=O)C[C@H](O)C(=O)O)=CC[C@@]3(O)[C@H]1C5. The van der Waals surface area contributed by atoms with Gasteiger partial charge in [-0.05, 0) is 44.1 Å². The summed E-state index contributed by atoms with van der Waals surface area (Å²) in [7, 11) is 1.97. The van der Waals surface area contributed by atoms with Crippen molar-refractivity contribution >= 4 is 11.9 Å². The minimum absolute atomic E-state index is 0. The van der Waals surface area contributed by atoms with Crippen molar-refractivity contribution in [2.24, 2.45) is 0 Å². The highest BCUT2D eigenvalue weighted by molar-refractivity contribution is 5.81. The van der Waals surface area contributed by atoms with Gasteiger partial charge in [-0.2, -0.15) is 0 Å². The van der Waals surface area contributed by atoms with Gasteiger partial charge in [-0.3, -0.25) is 4.79 Å². The Kier molecular flexibility index (Phi) is 4.84. The molecule has 1 saturated heterocycles. The van der Waals surface area contributed by atoms with Crippen LogP contribution in [-0.2, 0) is 26.2 Å². The third kappa shape index (κ3) is 2.66. The Hall–Kier alpha value is -2.62. The molecule has 2 aliphatic heterocycles. The fraction of sp³-hybridized carbons (Fsp3) is 0.545. The first-order valence-corrected chi connectivity index (χ1v) is 9.95. The first-order chi connectivity index (χ1) is 14.2. The Morgan fingerprint density at radius 2 is 2.13 bits per heavy atom. The molecule has 1 spiro atoms. The number of rotatable bonds is 4. The van der Waals surface area contributed by atoms with Gasteiger partial charge in [-0.1, -0.05) is 13.5 Å². The number of esters is 1. The van der Waals surface area contributed by atoms with E-state index in [1.165, 1.54) is 0 Å². The quantitative estimate of drug-likeness (QED) is 0.505. The van der Waals surface area contributed by atoms with Gasteiger partial charge in [0.15, 0.2) is 23.7 Å². The van der Waals surface area contributed by atoms with Gasteiger partial charge in [0.25, 0.3) is 0 Å². The zero-order chi connectivity index (χ0) is 21.4. The summed E-state index contributed by atoms with van der Waals surface area (Å²) in [6.45, 7) is 0.695. The number of carboxylic acid groups (broad SMARTS) is 1. The third-order valence-corrected chi connectivity index (χ3v) is 7.23. The number of carboxylic acids is 1. The van der Waals surface area contributed by atoms with Crippen molar-refractivity contribution in [2.45, 2.75) is 62.4 Å². The average Bonchev–Trinajstić information content (AvgIpc) is 3.04. The van der Waals surface area contributed by atoms with E-state index in [-0.39, 0.29) is 31.4 Å². The monoisotopic (exact) mass is 433 g/mol. The molecule has 168 valence electrons. The van der Waals surface area contributed by atoms with Gasteiger partial charge < -0.3 is 34.8 Å². The number of hydrogen-bond donors (Lipinski definition) is 4. The van der Waals surface area contributed by atoms with Crippen LogP contribution in [0.5, 0.6) is 11.5 Å². The standard InChI is InChI=1S/C21H23NO8.CH4/c1-22-7-6-20-16-10-2-3-11(23)17(16)30-18(20)13(4-5-21(20,28)14(22)8-10)29-15(25)9-12(24)19(26)27;/h2-4,12,14,18,23-24,28H,5-9H2,1H3,(H,26,27);1H4/t12-,14+,18-,20-,21+;/m0./s1. The lowest BCUT2D eigenvalue weighted by Gasteiger charge is -2.61. The van der Waals surface area contributed by atoms with Crippen LogP contribution in [0.25, 0.3) is 0 Å². The molecule has 5 atom stereocenters. The van der Waals surface area contributed by atoms with Gasteiger partial charge in [0.05, 0.1) is 17.4 Å². The Bertz CT molecular complexity index is 990. The lowest BCUT2D eigenvalue weighted by molar-refractivity contribution is -0.170. The van der Waals surface area contributed by atoms with Gasteiger partial charge >= 0.3 is 11.9 Å². The molecule has 2 bridgehead atoms. The van der Waals surface area contributed by atoms with Crippen LogP contribution in [0, 0.1) is 0 Å². The number of carbonyl (C=O) groups excluding carboxylic acids is 1. The minimum atomic E-state index is -1.86. The van der Waals surface area contributed by atoms with Crippen LogP contribution < -0.4 is 4.74 Å². The van der Waals surface area contributed by atoms with Crippen LogP contribution in [0.15, 0.2) is 24.0 Å². The molecule has 9 heteroatoms. The molecule has 1 aromatic rings. The molecule has 9 nitrogen and oxygen atoms in total. The number of aliphatic hydroxyl groups is 2. The number of phenolic OH excluding ortho intramolecular Hbond substituents is 1. The molecule has 2 heterocycles. The highest BCUT2D eigenvalue weighted by atomic mass is 16.6. The number of hydrogen-bond acceptors (Lipinski definition) is 8. The second kappa shape index (κ2) is 6.94. The van der Waals surface area contributed by atoms with Gasteiger partial charge in [-0.15, -0.1) is 0 Å². The Labute approximate surface area is 179 Å². The molecule has 5 rings (SSSR count). The largest absolute Gasteiger partial charge is 0.504 e. The van der Waals surface area contributed by atoms with E-state index in [9.17, 15) is 24.9 Å². The Morgan fingerprint density at radius 3 is 2.84 bits per heavy atom. The maximum absolute atomic E-state index is 12.3. The van der Waals surface area contributed by atoms with Crippen LogP contribution in [0.4, 0.5) is 0 Å². The minimum Gasteiger partial charge on any atom is -0.504 e. The summed E-state index contributed by atoms with van der Waals surface area (Å²) in [5.41, 5.74) is -0.304. The maximum atomic E-state index is 12.3. The van der Waals surface area contributed by atoms with E-state index in [1.807, 2.05) is 13.1 Å². The van der Waals surface area contributed by atoms with Crippen LogP contribution in [-0.4, -0.2) is 74.7 Å². The van der Waals surface area contributed by atoms with Crippen molar-refractivity contribution in [1.29, 1.82) is 0 Å².